The molecule has 0 unspecified atom stereocenters. The van der Waals surface area contributed by atoms with Crippen LogP contribution in [0.1, 0.15) is 18.9 Å². The van der Waals surface area contributed by atoms with E-state index in [0.29, 0.717) is 28.9 Å². The van der Waals surface area contributed by atoms with Gasteiger partial charge < -0.3 is 20.4 Å². The van der Waals surface area contributed by atoms with Crippen molar-refractivity contribution in [2.45, 2.75) is 44.5 Å². The van der Waals surface area contributed by atoms with Gasteiger partial charge in [-0.2, -0.15) is 0 Å². The van der Waals surface area contributed by atoms with Crippen LogP contribution in [0.25, 0.3) is 17.0 Å². The molecule has 0 saturated carbocycles. The molecule has 3 N–H and O–H groups in total. The first-order valence-corrected chi connectivity index (χ1v) is 13.0. The molecule has 4 aromatic rings. The van der Waals surface area contributed by atoms with Gasteiger partial charge in [-0.25, -0.2) is 9.78 Å². The normalized spacial score (nSPS) is 17.9. The molecule has 5 rings (SSSR count). The fraction of sp³-hybridized carbons (Fsp3) is 0.286. The predicted octanol–water partition coefficient (Wildman–Crippen LogP) is 2.59. The molecule has 0 bridgehead atoms. The SMILES string of the molecule is CCn1c(N2C[C@H](O)C[C@H]2C(=O)N[C@@H](Cc2ccccc2)C(=O)O)cc(=O)n2cc(-c3ccc(Cl)cc3)nc12. The van der Waals surface area contributed by atoms with Crippen LogP contribution in [0.2, 0.25) is 5.02 Å². The highest BCUT2D eigenvalue weighted by molar-refractivity contribution is 6.30. The van der Waals surface area contributed by atoms with E-state index in [0.717, 1.165) is 11.1 Å². The highest BCUT2D eigenvalue weighted by atomic mass is 35.5. The van der Waals surface area contributed by atoms with Crippen LogP contribution in [0, 0.1) is 0 Å². The lowest BCUT2D eigenvalue weighted by molar-refractivity contribution is -0.142. The number of carboxylic acids is 1. The third kappa shape index (κ3) is 5.39. The van der Waals surface area contributed by atoms with E-state index in [4.69, 9.17) is 16.6 Å². The number of carboxylic acid groups (broad SMARTS) is 1. The second-order valence-corrected chi connectivity index (χ2v) is 9.97. The number of aliphatic hydroxyl groups is 1. The Morgan fingerprint density at radius 1 is 1.15 bits per heavy atom. The van der Waals surface area contributed by atoms with Crippen LogP contribution in [0.15, 0.2) is 71.7 Å². The summed E-state index contributed by atoms with van der Waals surface area (Å²) in [6, 6.07) is 15.6. The first-order chi connectivity index (χ1) is 18.7. The van der Waals surface area contributed by atoms with Crippen LogP contribution in [0.5, 0.6) is 0 Å². The highest BCUT2D eigenvalue weighted by Gasteiger charge is 2.39. The Bertz CT molecular complexity index is 1570. The van der Waals surface area contributed by atoms with E-state index >= 15 is 0 Å². The van der Waals surface area contributed by atoms with Gasteiger partial charge in [0.2, 0.25) is 11.7 Å². The maximum atomic E-state index is 13.4. The zero-order valence-electron chi connectivity index (χ0n) is 21.2. The van der Waals surface area contributed by atoms with Crippen molar-refractivity contribution in [2.75, 3.05) is 11.4 Å². The number of carbonyl (C=O) groups excluding carboxylic acids is 1. The topological polar surface area (TPSA) is 129 Å². The van der Waals surface area contributed by atoms with E-state index in [1.54, 1.807) is 52.1 Å². The predicted molar refractivity (Wildman–Crippen MR) is 147 cm³/mol. The third-order valence-corrected chi connectivity index (χ3v) is 7.18. The van der Waals surface area contributed by atoms with Crippen LogP contribution in [-0.4, -0.2) is 60.8 Å². The van der Waals surface area contributed by atoms with Gasteiger partial charge in [0.15, 0.2) is 0 Å². The molecular weight excluding hydrogens is 522 g/mol. The molecule has 1 aliphatic rings. The number of hydrogen-bond acceptors (Lipinski definition) is 6. The number of rotatable bonds is 8. The van der Waals surface area contributed by atoms with Gasteiger partial charge in [-0.1, -0.05) is 54.1 Å². The number of aliphatic hydroxyl groups excluding tert-OH is 1. The third-order valence-electron chi connectivity index (χ3n) is 6.92. The number of amides is 1. The Kier molecular flexibility index (Phi) is 7.40. The van der Waals surface area contributed by atoms with E-state index in [1.165, 1.54) is 10.5 Å². The Balaban J connectivity index is 1.48. The minimum atomic E-state index is -1.16. The Morgan fingerprint density at radius 2 is 1.87 bits per heavy atom. The lowest BCUT2D eigenvalue weighted by atomic mass is 10.1. The van der Waals surface area contributed by atoms with Crippen LogP contribution in [0.3, 0.4) is 0 Å². The summed E-state index contributed by atoms with van der Waals surface area (Å²) in [7, 11) is 0. The Hall–Kier alpha value is -4.15. The molecule has 1 aliphatic heterocycles. The molecule has 1 saturated heterocycles. The number of aliphatic carboxylic acids is 1. The fourth-order valence-corrected chi connectivity index (χ4v) is 5.14. The van der Waals surface area contributed by atoms with Gasteiger partial charge in [0, 0.05) is 48.8 Å². The van der Waals surface area contributed by atoms with E-state index in [-0.39, 0.29) is 24.9 Å². The number of anilines is 1. The van der Waals surface area contributed by atoms with Gasteiger partial charge in [-0.05, 0) is 24.6 Å². The first kappa shape index (κ1) is 26.5. The van der Waals surface area contributed by atoms with Gasteiger partial charge in [0.25, 0.3) is 5.56 Å². The van der Waals surface area contributed by atoms with E-state index in [2.05, 4.69) is 5.32 Å². The smallest absolute Gasteiger partial charge is 0.326 e. The first-order valence-electron chi connectivity index (χ1n) is 12.7. The molecule has 39 heavy (non-hydrogen) atoms. The van der Waals surface area contributed by atoms with E-state index in [9.17, 15) is 24.6 Å². The van der Waals surface area contributed by atoms with Gasteiger partial charge in [-0.15, -0.1) is 0 Å². The minimum absolute atomic E-state index is 0.0943. The number of nitrogens with one attached hydrogen (secondary N) is 1. The van der Waals surface area contributed by atoms with Gasteiger partial charge in [0.1, 0.15) is 17.9 Å². The summed E-state index contributed by atoms with van der Waals surface area (Å²) in [5.41, 5.74) is 1.81. The lowest BCUT2D eigenvalue weighted by Crippen LogP contribution is -2.51. The van der Waals surface area contributed by atoms with Gasteiger partial charge >= 0.3 is 5.97 Å². The fourth-order valence-electron chi connectivity index (χ4n) is 5.02. The molecule has 3 atom stereocenters. The molecule has 1 amide bonds. The van der Waals surface area contributed by atoms with Crippen molar-refractivity contribution in [1.82, 2.24) is 19.3 Å². The molecule has 2 aromatic carbocycles. The number of hydrogen-bond donors (Lipinski definition) is 3. The summed E-state index contributed by atoms with van der Waals surface area (Å²) in [4.78, 5) is 44.9. The second kappa shape index (κ2) is 10.9. The Morgan fingerprint density at radius 3 is 2.54 bits per heavy atom. The average Bonchev–Trinajstić information content (AvgIpc) is 3.54. The van der Waals surface area contributed by atoms with Crippen molar-refractivity contribution in [3.05, 3.63) is 87.8 Å². The number of benzene rings is 2. The number of fused-ring (bicyclic) bond motifs is 1. The molecule has 202 valence electrons. The van der Waals surface area contributed by atoms with Crippen LogP contribution in [-0.2, 0) is 22.6 Å². The summed E-state index contributed by atoms with van der Waals surface area (Å²) in [6.07, 6.45) is 1.03. The van der Waals surface area contributed by atoms with E-state index < -0.39 is 30.1 Å². The van der Waals surface area contributed by atoms with E-state index in [1.807, 2.05) is 25.1 Å². The molecule has 1 fully saturated rings. The number of β-amino-alcohol motifs (C(OH)–C–C–N with tert-alkyl or cyclic N) is 1. The van der Waals surface area contributed by atoms with Crippen molar-refractivity contribution in [2.24, 2.45) is 0 Å². The van der Waals surface area contributed by atoms with Crippen molar-refractivity contribution in [3.63, 3.8) is 0 Å². The minimum Gasteiger partial charge on any atom is -0.480 e. The highest BCUT2D eigenvalue weighted by Crippen LogP contribution is 2.28. The number of imidazole rings is 1. The summed E-state index contributed by atoms with van der Waals surface area (Å²) >= 11 is 6.01. The number of halogens is 1. The summed E-state index contributed by atoms with van der Waals surface area (Å²) in [5.74, 6) is -0.876. The van der Waals surface area contributed by atoms with Gasteiger partial charge in [-0.3, -0.25) is 18.6 Å². The number of carbonyl (C=O) groups is 2. The number of nitrogens with zero attached hydrogens (tertiary/aromatic N) is 4. The van der Waals surface area contributed by atoms with Crippen molar-refractivity contribution in [3.8, 4) is 11.3 Å². The molecule has 2 aromatic heterocycles. The van der Waals surface area contributed by atoms with Crippen molar-refractivity contribution in [1.29, 1.82) is 0 Å². The summed E-state index contributed by atoms with van der Waals surface area (Å²) in [6.45, 7) is 2.43. The van der Waals surface area contributed by atoms with Gasteiger partial charge in [0.05, 0.1) is 11.8 Å². The zero-order valence-corrected chi connectivity index (χ0v) is 22.0. The summed E-state index contributed by atoms with van der Waals surface area (Å²) in [5, 5.41) is 23.5. The maximum absolute atomic E-state index is 13.4. The van der Waals surface area contributed by atoms with Crippen LogP contribution >= 0.6 is 11.6 Å². The number of aromatic nitrogens is 3. The zero-order chi connectivity index (χ0) is 27.7. The standard InChI is InChI=1S/C28H28ClN5O5/c1-2-32-24(14-25(36)34-16-22(31-28(32)34)18-8-10-19(29)11-9-18)33-15-20(35)13-23(33)26(37)30-21(27(38)39)12-17-6-4-3-5-7-17/h3-11,14,16,20-21,23,35H,2,12-13,15H2,1H3,(H,30,37)(H,38,39)/t20-,21+,23+/m1/s1. The molecule has 10 nitrogen and oxygen atoms in total. The molecule has 0 spiro atoms. The molecular formula is C28H28ClN5O5. The number of aryl methyl sites for hydroxylation is 1. The second-order valence-electron chi connectivity index (χ2n) is 9.53. The molecule has 11 heteroatoms. The monoisotopic (exact) mass is 549 g/mol. The van der Waals surface area contributed by atoms with Crippen molar-refractivity contribution >= 4 is 35.1 Å². The quantitative estimate of drug-likeness (QED) is 0.308. The largest absolute Gasteiger partial charge is 0.480 e. The summed E-state index contributed by atoms with van der Waals surface area (Å²) < 4.78 is 3.25. The lowest BCUT2D eigenvalue weighted by Gasteiger charge is -2.29. The molecule has 0 aliphatic carbocycles. The Labute approximate surface area is 229 Å². The maximum Gasteiger partial charge on any atom is 0.326 e. The van der Waals surface area contributed by atoms with Crippen LogP contribution in [0.4, 0.5) is 5.82 Å². The average molecular weight is 550 g/mol. The van der Waals surface area contributed by atoms with Crippen LogP contribution < -0.4 is 15.8 Å². The molecule has 0 radical (unpaired) electrons. The molecule has 3 heterocycles. The van der Waals surface area contributed by atoms with Crippen molar-refractivity contribution < 1.29 is 19.8 Å².